The van der Waals surface area contributed by atoms with E-state index in [0.29, 0.717) is 12.4 Å². The summed E-state index contributed by atoms with van der Waals surface area (Å²) in [6.07, 6.45) is 1.43. The first kappa shape index (κ1) is 13.4. The van der Waals surface area contributed by atoms with Crippen LogP contribution in [-0.4, -0.2) is 28.4 Å². The molecule has 0 aliphatic heterocycles. The van der Waals surface area contributed by atoms with Crippen LogP contribution in [0.5, 0.6) is 5.75 Å². The van der Waals surface area contributed by atoms with E-state index in [1.807, 2.05) is 30.3 Å². The molecule has 0 atom stereocenters. The second-order valence-corrected chi connectivity index (χ2v) is 4.86. The molecule has 1 aromatic carbocycles. The summed E-state index contributed by atoms with van der Waals surface area (Å²) >= 11 is 1.71. The molecule has 0 unspecified atom stereocenters. The summed E-state index contributed by atoms with van der Waals surface area (Å²) in [6, 6.07) is 13.1. The van der Waals surface area contributed by atoms with Crippen LogP contribution in [0.15, 0.2) is 53.6 Å². The van der Waals surface area contributed by atoms with Crippen molar-refractivity contribution in [2.45, 2.75) is 4.90 Å². The molecule has 0 saturated carbocycles. The van der Waals surface area contributed by atoms with Gasteiger partial charge in [0.05, 0.1) is 12.8 Å². The van der Waals surface area contributed by atoms with Gasteiger partial charge >= 0.3 is 5.97 Å². The summed E-state index contributed by atoms with van der Waals surface area (Å²) in [5, 5.41) is 8.71. The molecule has 0 bridgehead atoms. The van der Waals surface area contributed by atoms with Gasteiger partial charge in [0.2, 0.25) is 0 Å². The molecule has 19 heavy (non-hydrogen) atoms. The Hall–Kier alpha value is -2.01. The van der Waals surface area contributed by atoms with Crippen molar-refractivity contribution in [3.05, 3.63) is 54.4 Å². The number of rotatable bonds is 6. The highest BCUT2D eigenvalue weighted by Gasteiger charge is 2.03. The van der Waals surface area contributed by atoms with E-state index in [-0.39, 0.29) is 5.69 Å². The quantitative estimate of drug-likeness (QED) is 0.648. The molecule has 0 amide bonds. The molecular formula is C14H13NO3S. The SMILES string of the molecule is O=C(O)c1ccc(OCCSc2ccccc2)cn1. The zero-order chi connectivity index (χ0) is 13.5. The number of nitrogens with zero attached hydrogens (tertiary/aromatic N) is 1. The minimum absolute atomic E-state index is 0.0195. The van der Waals surface area contributed by atoms with Crippen molar-refractivity contribution in [1.29, 1.82) is 0 Å². The zero-order valence-corrected chi connectivity index (χ0v) is 11.0. The van der Waals surface area contributed by atoms with Crippen LogP contribution in [0.2, 0.25) is 0 Å². The number of thioether (sulfide) groups is 1. The summed E-state index contributed by atoms with van der Waals surface area (Å²) in [5.74, 6) is 0.370. The largest absolute Gasteiger partial charge is 0.491 e. The number of carboxylic acids is 1. The second-order valence-electron chi connectivity index (χ2n) is 3.69. The van der Waals surface area contributed by atoms with E-state index in [4.69, 9.17) is 9.84 Å². The van der Waals surface area contributed by atoms with Crippen molar-refractivity contribution >= 4 is 17.7 Å². The molecular weight excluding hydrogens is 262 g/mol. The van der Waals surface area contributed by atoms with Crippen molar-refractivity contribution in [3.8, 4) is 5.75 Å². The van der Waals surface area contributed by atoms with Crippen LogP contribution in [-0.2, 0) is 0 Å². The van der Waals surface area contributed by atoms with Crippen LogP contribution in [0.4, 0.5) is 0 Å². The molecule has 1 N–H and O–H groups in total. The normalized spacial score (nSPS) is 10.1. The van der Waals surface area contributed by atoms with Crippen molar-refractivity contribution in [1.82, 2.24) is 4.98 Å². The predicted octanol–water partition coefficient (Wildman–Crippen LogP) is 2.95. The Morgan fingerprint density at radius 2 is 2.00 bits per heavy atom. The zero-order valence-electron chi connectivity index (χ0n) is 10.2. The Labute approximate surface area is 115 Å². The third-order valence-electron chi connectivity index (χ3n) is 2.32. The first-order chi connectivity index (χ1) is 9.25. The highest BCUT2D eigenvalue weighted by atomic mass is 32.2. The predicted molar refractivity (Wildman–Crippen MR) is 73.9 cm³/mol. The maximum absolute atomic E-state index is 10.6. The fraction of sp³-hybridized carbons (Fsp3) is 0.143. The van der Waals surface area contributed by atoms with Gasteiger partial charge in [-0.15, -0.1) is 11.8 Å². The number of aromatic carboxylic acids is 1. The van der Waals surface area contributed by atoms with Gasteiger partial charge in [-0.25, -0.2) is 9.78 Å². The standard InChI is InChI=1S/C14H13NO3S/c16-14(17)13-7-6-11(10-15-13)18-8-9-19-12-4-2-1-3-5-12/h1-7,10H,8-9H2,(H,16,17). The van der Waals surface area contributed by atoms with Crippen LogP contribution in [0.3, 0.4) is 0 Å². The minimum Gasteiger partial charge on any atom is -0.491 e. The number of hydrogen-bond acceptors (Lipinski definition) is 4. The second kappa shape index (κ2) is 6.80. The van der Waals surface area contributed by atoms with Gasteiger partial charge < -0.3 is 9.84 Å². The lowest BCUT2D eigenvalue weighted by molar-refractivity contribution is 0.0690. The third kappa shape index (κ3) is 4.30. The first-order valence-electron chi connectivity index (χ1n) is 5.76. The first-order valence-corrected chi connectivity index (χ1v) is 6.74. The molecule has 2 rings (SSSR count). The molecule has 0 aliphatic carbocycles. The van der Waals surface area contributed by atoms with Crippen LogP contribution >= 0.6 is 11.8 Å². The average molecular weight is 275 g/mol. The van der Waals surface area contributed by atoms with Crippen molar-refractivity contribution in [2.75, 3.05) is 12.4 Å². The van der Waals surface area contributed by atoms with E-state index in [1.165, 1.54) is 17.2 Å². The molecule has 98 valence electrons. The van der Waals surface area contributed by atoms with Gasteiger partial charge in [0, 0.05) is 10.6 Å². The van der Waals surface area contributed by atoms with E-state index < -0.39 is 5.97 Å². The summed E-state index contributed by atoms with van der Waals surface area (Å²) in [4.78, 5) is 15.6. The fourth-order valence-corrected chi connectivity index (χ4v) is 2.18. The molecule has 1 aromatic heterocycles. The van der Waals surface area contributed by atoms with Crippen LogP contribution in [0.25, 0.3) is 0 Å². The number of carboxylic acid groups (broad SMARTS) is 1. The van der Waals surface area contributed by atoms with Crippen LogP contribution in [0.1, 0.15) is 10.5 Å². The van der Waals surface area contributed by atoms with Gasteiger partial charge in [-0.2, -0.15) is 0 Å². The molecule has 1 heterocycles. The Balaban J connectivity index is 1.75. The van der Waals surface area contributed by atoms with Crippen molar-refractivity contribution in [3.63, 3.8) is 0 Å². The lowest BCUT2D eigenvalue weighted by atomic mass is 10.3. The smallest absolute Gasteiger partial charge is 0.354 e. The van der Waals surface area contributed by atoms with Gasteiger partial charge in [0.1, 0.15) is 11.4 Å². The number of pyridine rings is 1. The van der Waals surface area contributed by atoms with E-state index in [2.05, 4.69) is 4.98 Å². The highest BCUT2D eigenvalue weighted by molar-refractivity contribution is 7.99. The van der Waals surface area contributed by atoms with Gasteiger partial charge in [-0.3, -0.25) is 0 Å². The summed E-state index contributed by atoms with van der Waals surface area (Å²) in [6.45, 7) is 0.549. The number of ether oxygens (including phenoxy) is 1. The number of benzene rings is 1. The van der Waals surface area contributed by atoms with Crippen molar-refractivity contribution in [2.24, 2.45) is 0 Å². The maximum Gasteiger partial charge on any atom is 0.354 e. The van der Waals surface area contributed by atoms with Crippen LogP contribution in [0, 0.1) is 0 Å². The molecule has 4 nitrogen and oxygen atoms in total. The van der Waals surface area contributed by atoms with Gasteiger partial charge in [0.15, 0.2) is 0 Å². The highest BCUT2D eigenvalue weighted by Crippen LogP contribution is 2.17. The Morgan fingerprint density at radius 1 is 1.21 bits per heavy atom. The monoisotopic (exact) mass is 275 g/mol. The van der Waals surface area contributed by atoms with Crippen LogP contribution < -0.4 is 4.74 Å². The number of carbonyl (C=O) groups is 1. The number of aromatic nitrogens is 1. The number of hydrogen-bond donors (Lipinski definition) is 1. The van der Waals surface area contributed by atoms with Crippen molar-refractivity contribution < 1.29 is 14.6 Å². The topological polar surface area (TPSA) is 59.4 Å². The molecule has 0 aliphatic rings. The Bertz CT molecular complexity index is 528. The Kier molecular flexibility index (Phi) is 4.80. The minimum atomic E-state index is -1.04. The maximum atomic E-state index is 10.6. The molecule has 0 saturated heterocycles. The summed E-state index contributed by atoms with van der Waals surface area (Å²) in [7, 11) is 0. The molecule has 0 fully saturated rings. The summed E-state index contributed by atoms with van der Waals surface area (Å²) < 4.78 is 5.49. The molecule has 0 spiro atoms. The summed E-state index contributed by atoms with van der Waals surface area (Å²) in [5.41, 5.74) is 0.0195. The molecule has 2 aromatic rings. The fourth-order valence-electron chi connectivity index (χ4n) is 1.43. The van der Waals surface area contributed by atoms with Gasteiger partial charge in [-0.05, 0) is 24.3 Å². The third-order valence-corrected chi connectivity index (χ3v) is 3.30. The van der Waals surface area contributed by atoms with E-state index in [0.717, 1.165) is 5.75 Å². The Morgan fingerprint density at radius 3 is 2.63 bits per heavy atom. The van der Waals surface area contributed by atoms with E-state index in [1.54, 1.807) is 17.8 Å². The van der Waals surface area contributed by atoms with E-state index in [9.17, 15) is 4.79 Å². The van der Waals surface area contributed by atoms with Gasteiger partial charge in [0.25, 0.3) is 0 Å². The lowest BCUT2D eigenvalue weighted by Crippen LogP contribution is -2.03. The molecule has 0 radical (unpaired) electrons. The van der Waals surface area contributed by atoms with Gasteiger partial charge in [-0.1, -0.05) is 18.2 Å². The molecule has 5 heteroatoms. The average Bonchev–Trinajstić information content (AvgIpc) is 2.45. The lowest BCUT2D eigenvalue weighted by Gasteiger charge is -2.05. The van der Waals surface area contributed by atoms with E-state index >= 15 is 0 Å².